The summed E-state index contributed by atoms with van der Waals surface area (Å²) in [6.07, 6.45) is 5.30. The van der Waals surface area contributed by atoms with E-state index in [4.69, 9.17) is 0 Å². The maximum absolute atomic E-state index is 12.8. The second-order valence-electron chi connectivity index (χ2n) is 4.96. The first-order chi connectivity index (χ1) is 11.2. The highest BCUT2D eigenvalue weighted by atomic mass is 19.1. The molecule has 3 rings (SSSR count). The van der Waals surface area contributed by atoms with Crippen molar-refractivity contribution in [3.05, 3.63) is 72.4 Å². The molecule has 2 heterocycles. The highest BCUT2D eigenvalue weighted by Crippen LogP contribution is 2.14. The summed E-state index contributed by atoms with van der Waals surface area (Å²) in [4.78, 5) is 15.9. The number of benzene rings is 1. The summed E-state index contributed by atoms with van der Waals surface area (Å²) in [7, 11) is 0. The minimum Gasteiger partial charge on any atom is -0.350 e. The third-order valence-electron chi connectivity index (χ3n) is 3.35. The molecule has 0 spiro atoms. The van der Waals surface area contributed by atoms with E-state index in [-0.39, 0.29) is 11.7 Å². The molecule has 1 N–H and O–H groups in total. The molecule has 0 unspecified atom stereocenters. The molecular formula is C17H15FN4O. The van der Waals surface area contributed by atoms with Gasteiger partial charge in [0, 0.05) is 36.3 Å². The van der Waals surface area contributed by atoms with E-state index in [0.29, 0.717) is 18.7 Å². The van der Waals surface area contributed by atoms with Crippen molar-refractivity contribution < 1.29 is 9.18 Å². The smallest absolute Gasteiger partial charge is 0.251 e. The lowest BCUT2D eigenvalue weighted by atomic mass is 10.2. The average Bonchev–Trinajstić information content (AvgIpc) is 3.05. The van der Waals surface area contributed by atoms with Gasteiger partial charge in [0.05, 0.1) is 12.2 Å². The molecule has 0 saturated carbocycles. The normalized spacial score (nSPS) is 10.5. The van der Waals surface area contributed by atoms with Crippen LogP contribution < -0.4 is 5.32 Å². The predicted molar refractivity (Wildman–Crippen MR) is 84.2 cm³/mol. The Morgan fingerprint density at radius 3 is 2.57 bits per heavy atom. The lowest BCUT2D eigenvalue weighted by Gasteiger charge is -2.05. The van der Waals surface area contributed by atoms with Crippen LogP contribution in [0.5, 0.6) is 0 Å². The summed E-state index contributed by atoms with van der Waals surface area (Å²) in [6.45, 7) is 0.992. The summed E-state index contributed by atoms with van der Waals surface area (Å²) in [6, 6.07) is 11.1. The number of hydrogen-bond acceptors (Lipinski definition) is 3. The number of carbonyl (C=O) groups is 1. The maximum Gasteiger partial charge on any atom is 0.251 e. The Bertz CT molecular complexity index is 784. The van der Waals surface area contributed by atoms with Gasteiger partial charge in [-0.3, -0.25) is 14.5 Å². The van der Waals surface area contributed by atoms with Crippen LogP contribution in [0.25, 0.3) is 11.3 Å². The summed E-state index contributed by atoms with van der Waals surface area (Å²) in [5, 5.41) is 7.23. The Morgan fingerprint density at radius 1 is 1.09 bits per heavy atom. The predicted octanol–water partition coefficient (Wildman–Crippen LogP) is 2.51. The first-order valence-corrected chi connectivity index (χ1v) is 7.20. The van der Waals surface area contributed by atoms with E-state index < -0.39 is 0 Å². The zero-order valence-electron chi connectivity index (χ0n) is 12.3. The average molecular weight is 310 g/mol. The van der Waals surface area contributed by atoms with Gasteiger partial charge in [-0.15, -0.1) is 0 Å². The quantitative estimate of drug-likeness (QED) is 0.788. The standard InChI is InChI=1S/C17H15FN4O/c18-15-3-1-14(2-4-15)17(23)20-10-12-22-11-7-16(21-22)13-5-8-19-9-6-13/h1-9,11H,10,12H2,(H,20,23). The van der Waals surface area contributed by atoms with E-state index in [2.05, 4.69) is 15.4 Å². The van der Waals surface area contributed by atoms with Crippen molar-refractivity contribution in [1.82, 2.24) is 20.1 Å². The Balaban J connectivity index is 1.54. The van der Waals surface area contributed by atoms with Crippen LogP contribution in [0, 0.1) is 5.82 Å². The van der Waals surface area contributed by atoms with E-state index in [1.807, 2.05) is 24.4 Å². The van der Waals surface area contributed by atoms with Crippen molar-refractivity contribution in [2.75, 3.05) is 6.54 Å². The van der Waals surface area contributed by atoms with Gasteiger partial charge in [-0.25, -0.2) is 4.39 Å². The SMILES string of the molecule is O=C(NCCn1ccc(-c2ccncc2)n1)c1ccc(F)cc1. The van der Waals surface area contributed by atoms with Crippen LogP contribution in [0.2, 0.25) is 0 Å². The van der Waals surface area contributed by atoms with Gasteiger partial charge in [0.25, 0.3) is 5.91 Å². The molecule has 5 nitrogen and oxygen atoms in total. The number of hydrogen-bond donors (Lipinski definition) is 1. The van der Waals surface area contributed by atoms with E-state index in [1.54, 1.807) is 17.1 Å². The first kappa shape index (κ1) is 14.9. The number of amides is 1. The summed E-state index contributed by atoms with van der Waals surface area (Å²) < 4.78 is 14.6. The van der Waals surface area contributed by atoms with Crippen molar-refractivity contribution in [3.63, 3.8) is 0 Å². The van der Waals surface area contributed by atoms with Crippen LogP contribution in [0.15, 0.2) is 61.1 Å². The molecule has 1 aromatic carbocycles. The molecule has 0 fully saturated rings. The number of nitrogens with zero attached hydrogens (tertiary/aromatic N) is 3. The van der Waals surface area contributed by atoms with Crippen molar-refractivity contribution in [3.8, 4) is 11.3 Å². The van der Waals surface area contributed by atoms with Gasteiger partial charge >= 0.3 is 0 Å². The van der Waals surface area contributed by atoms with Gasteiger partial charge in [0.15, 0.2) is 0 Å². The van der Waals surface area contributed by atoms with Crippen molar-refractivity contribution in [2.45, 2.75) is 6.54 Å². The topological polar surface area (TPSA) is 59.8 Å². The fraction of sp³-hybridized carbons (Fsp3) is 0.118. The molecule has 6 heteroatoms. The molecule has 0 aliphatic heterocycles. The highest BCUT2D eigenvalue weighted by molar-refractivity contribution is 5.94. The summed E-state index contributed by atoms with van der Waals surface area (Å²) >= 11 is 0. The molecule has 116 valence electrons. The number of nitrogens with one attached hydrogen (secondary N) is 1. The Morgan fingerprint density at radius 2 is 1.83 bits per heavy atom. The molecule has 2 aromatic heterocycles. The number of pyridine rings is 1. The van der Waals surface area contributed by atoms with Crippen LogP contribution in [0.1, 0.15) is 10.4 Å². The summed E-state index contributed by atoms with van der Waals surface area (Å²) in [5.41, 5.74) is 2.29. The fourth-order valence-electron chi connectivity index (χ4n) is 2.15. The fourth-order valence-corrected chi connectivity index (χ4v) is 2.15. The van der Waals surface area contributed by atoms with Crippen LogP contribution >= 0.6 is 0 Å². The second-order valence-corrected chi connectivity index (χ2v) is 4.96. The monoisotopic (exact) mass is 310 g/mol. The Hall–Kier alpha value is -3.02. The molecule has 0 atom stereocenters. The van der Waals surface area contributed by atoms with Crippen LogP contribution in [-0.2, 0) is 6.54 Å². The van der Waals surface area contributed by atoms with Gasteiger partial charge in [-0.1, -0.05) is 0 Å². The number of rotatable bonds is 5. The molecule has 0 aliphatic rings. The third kappa shape index (κ3) is 3.79. The van der Waals surface area contributed by atoms with E-state index in [0.717, 1.165) is 11.3 Å². The zero-order chi connectivity index (χ0) is 16.1. The van der Waals surface area contributed by atoms with Crippen LogP contribution in [0.4, 0.5) is 4.39 Å². The highest BCUT2D eigenvalue weighted by Gasteiger charge is 2.05. The Kier molecular flexibility index (Phi) is 4.42. The lowest BCUT2D eigenvalue weighted by Crippen LogP contribution is -2.27. The third-order valence-corrected chi connectivity index (χ3v) is 3.35. The van der Waals surface area contributed by atoms with Gasteiger partial charge in [-0.05, 0) is 42.5 Å². The largest absolute Gasteiger partial charge is 0.350 e. The zero-order valence-corrected chi connectivity index (χ0v) is 12.3. The molecule has 3 aromatic rings. The molecule has 0 saturated heterocycles. The lowest BCUT2D eigenvalue weighted by molar-refractivity contribution is 0.0952. The van der Waals surface area contributed by atoms with Crippen LogP contribution in [0.3, 0.4) is 0 Å². The molecule has 0 radical (unpaired) electrons. The van der Waals surface area contributed by atoms with Gasteiger partial charge in [-0.2, -0.15) is 5.10 Å². The molecule has 1 amide bonds. The molecular weight excluding hydrogens is 295 g/mol. The van der Waals surface area contributed by atoms with Crippen molar-refractivity contribution >= 4 is 5.91 Å². The molecule has 0 aliphatic carbocycles. The van der Waals surface area contributed by atoms with Gasteiger partial charge in [0.1, 0.15) is 5.82 Å². The minimum atomic E-state index is -0.360. The van der Waals surface area contributed by atoms with Crippen LogP contribution in [-0.4, -0.2) is 27.2 Å². The molecule has 0 bridgehead atoms. The van der Waals surface area contributed by atoms with E-state index in [1.165, 1.54) is 24.3 Å². The van der Waals surface area contributed by atoms with Gasteiger partial charge in [0.2, 0.25) is 0 Å². The molecule has 23 heavy (non-hydrogen) atoms. The number of halogens is 1. The number of aromatic nitrogens is 3. The Labute approximate surface area is 132 Å². The minimum absolute atomic E-state index is 0.230. The first-order valence-electron chi connectivity index (χ1n) is 7.20. The van der Waals surface area contributed by atoms with E-state index in [9.17, 15) is 9.18 Å². The summed E-state index contributed by atoms with van der Waals surface area (Å²) in [5.74, 6) is -0.590. The second kappa shape index (κ2) is 6.83. The van der Waals surface area contributed by atoms with Crippen molar-refractivity contribution in [1.29, 1.82) is 0 Å². The van der Waals surface area contributed by atoms with E-state index >= 15 is 0 Å². The van der Waals surface area contributed by atoms with Gasteiger partial charge < -0.3 is 5.32 Å². The maximum atomic E-state index is 12.8. The van der Waals surface area contributed by atoms with Crippen molar-refractivity contribution in [2.24, 2.45) is 0 Å². The number of carbonyl (C=O) groups excluding carboxylic acids is 1.